The predicted molar refractivity (Wildman–Crippen MR) is 171 cm³/mol. The lowest BCUT2D eigenvalue weighted by Crippen LogP contribution is -2.56. The van der Waals surface area contributed by atoms with Crippen LogP contribution in [0.25, 0.3) is 11.3 Å². The fourth-order valence-corrected chi connectivity index (χ4v) is 7.02. The van der Waals surface area contributed by atoms with Crippen molar-refractivity contribution < 1.29 is 18.7 Å². The number of urea groups is 1. The molecule has 10 heteroatoms. The van der Waals surface area contributed by atoms with Gasteiger partial charge in [0.1, 0.15) is 23.2 Å². The van der Waals surface area contributed by atoms with Crippen LogP contribution in [-0.2, 0) is 11.3 Å². The van der Waals surface area contributed by atoms with Crippen molar-refractivity contribution in [3.63, 3.8) is 0 Å². The summed E-state index contributed by atoms with van der Waals surface area (Å²) in [5.74, 6) is -0.615. The molecule has 1 aromatic heterocycles. The van der Waals surface area contributed by atoms with Gasteiger partial charge in [-0.05, 0) is 81.8 Å². The molecule has 3 saturated heterocycles. The summed E-state index contributed by atoms with van der Waals surface area (Å²) < 4.78 is 20.0. The van der Waals surface area contributed by atoms with Crippen LogP contribution in [0.3, 0.4) is 0 Å². The fraction of sp³-hybridized carbons (Fsp3) is 0.429. The minimum absolute atomic E-state index is 0.118. The molecule has 0 radical (unpaired) electrons. The molecule has 1 spiro atoms. The van der Waals surface area contributed by atoms with Gasteiger partial charge in [0.15, 0.2) is 0 Å². The van der Waals surface area contributed by atoms with E-state index >= 15 is 0 Å². The largest absolute Gasteiger partial charge is 0.493 e. The fourth-order valence-electron chi connectivity index (χ4n) is 7.02. The number of imide groups is 1. The summed E-state index contributed by atoms with van der Waals surface area (Å²) in [6.07, 6.45) is 5.13. The maximum absolute atomic E-state index is 14.3. The van der Waals surface area contributed by atoms with Crippen molar-refractivity contribution in [2.24, 2.45) is 0 Å². The number of hydrogen-bond donors (Lipinski definition) is 0. The first kappa shape index (κ1) is 30.5. The van der Waals surface area contributed by atoms with Crippen molar-refractivity contribution in [1.29, 1.82) is 5.26 Å². The number of carbonyl (C=O) groups excluding carboxylic acids is 2. The summed E-state index contributed by atoms with van der Waals surface area (Å²) >= 11 is 0. The molecule has 234 valence electrons. The Morgan fingerprint density at radius 2 is 1.73 bits per heavy atom. The minimum atomic E-state index is -0.895. The summed E-state index contributed by atoms with van der Waals surface area (Å²) in [7, 11) is 0. The maximum Gasteiger partial charge on any atom is 0.332 e. The second-order valence-corrected chi connectivity index (χ2v) is 12.1. The number of likely N-dealkylation sites (N-methyl/N-ethyl adjacent to an activating group) is 1. The van der Waals surface area contributed by atoms with Crippen molar-refractivity contribution in [3.8, 4) is 23.1 Å². The summed E-state index contributed by atoms with van der Waals surface area (Å²) in [6, 6.07) is 14.7. The van der Waals surface area contributed by atoms with E-state index in [0.717, 1.165) is 19.6 Å². The molecule has 0 aliphatic carbocycles. The molecule has 3 amide bonds. The molecule has 3 aromatic rings. The SMILES string of the molecule is CCOc1cc(F)c(C#N)cc1-c1cc(C)c(N2C(=O)N(CC)C3(CCN(Cc4ccc(N5CCCC5)cc4)CC3)C2=O)cn1. The van der Waals surface area contributed by atoms with Gasteiger partial charge in [-0.3, -0.25) is 14.7 Å². The molecule has 3 aliphatic heterocycles. The number of nitriles is 1. The van der Waals surface area contributed by atoms with Crippen LogP contribution in [0.1, 0.15) is 56.2 Å². The highest BCUT2D eigenvalue weighted by atomic mass is 19.1. The number of benzene rings is 2. The van der Waals surface area contributed by atoms with Crippen molar-refractivity contribution in [2.75, 3.05) is 49.1 Å². The smallest absolute Gasteiger partial charge is 0.332 e. The van der Waals surface area contributed by atoms with Gasteiger partial charge < -0.3 is 14.5 Å². The Kier molecular flexibility index (Phi) is 8.47. The van der Waals surface area contributed by atoms with Gasteiger partial charge in [-0.15, -0.1) is 0 Å². The Bertz CT molecular complexity index is 1640. The van der Waals surface area contributed by atoms with Crippen LogP contribution in [0, 0.1) is 24.1 Å². The van der Waals surface area contributed by atoms with Crippen molar-refractivity contribution >= 4 is 23.3 Å². The zero-order chi connectivity index (χ0) is 31.7. The van der Waals surface area contributed by atoms with Crippen LogP contribution in [0.4, 0.5) is 20.6 Å². The third-order valence-electron chi connectivity index (χ3n) is 9.44. The van der Waals surface area contributed by atoms with Gasteiger partial charge in [0.05, 0.1) is 29.7 Å². The number of hydrogen-bond acceptors (Lipinski definition) is 7. The van der Waals surface area contributed by atoms with E-state index in [1.165, 1.54) is 47.3 Å². The molecule has 6 rings (SSSR count). The molecule has 3 fully saturated rings. The van der Waals surface area contributed by atoms with Crippen molar-refractivity contribution in [3.05, 3.63) is 71.2 Å². The number of nitrogens with zero attached hydrogens (tertiary/aromatic N) is 6. The van der Waals surface area contributed by atoms with Gasteiger partial charge in [-0.2, -0.15) is 5.26 Å². The molecule has 3 aliphatic rings. The van der Waals surface area contributed by atoms with E-state index in [1.807, 2.05) is 19.9 Å². The third-order valence-corrected chi connectivity index (χ3v) is 9.44. The highest BCUT2D eigenvalue weighted by Crippen LogP contribution is 2.41. The Balaban J connectivity index is 1.20. The number of amides is 3. The van der Waals surface area contributed by atoms with Crippen LogP contribution in [0.2, 0.25) is 0 Å². The number of halogens is 1. The monoisotopic (exact) mass is 610 g/mol. The standard InChI is InChI=1S/C35H39FN6O3/c1-4-41-34(44)42(31-22-38-30(18-24(31)3)28-19-26(21-37)29(36)20-32(28)45-5-2)33(43)35(41)12-16-39(17-13-35)23-25-8-10-27(11-9-25)40-14-6-7-15-40/h8-11,18-20,22H,4-7,12-17,23H2,1-3H3. The quantitative estimate of drug-likeness (QED) is 0.294. The lowest BCUT2D eigenvalue weighted by molar-refractivity contribution is -0.127. The highest BCUT2D eigenvalue weighted by molar-refractivity contribution is 6.23. The first-order valence-electron chi connectivity index (χ1n) is 15.9. The summed E-state index contributed by atoms with van der Waals surface area (Å²) in [4.78, 5) is 40.3. The minimum Gasteiger partial charge on any atom is -0.493 e. The lowest BCUT2D eigenvalue weighted by atomic mass is 9.85. The van der Waals surface area contributed by atoms with E-state index in [0.29, 0.717) is 61.6 Å². The van der Waals surface area contributed by atoms with Crippen LogP contribution < -0.4 is 14.5 Å². The average molecular weight is 611 g/mol. The molecular formula is C35H39FN6O3. The molecule has 0 saturated carbocycles. The van der Waals surface area contributed by atoms with Crippen LogP contribution >= 0.6 is 0 Å². The summed E-state index contributed by atoms with van der Waals surface area (Å²) in [5, 5.41) is 9.38. The molecular weight excluding hydrogens is 571 g/mol. The topological polar surface area (TPSA) is 93.0 Å². The second-order valence-electron chi connectivity index (χ2n) is 12.1. The average Bonchev–Trinajstić information content (AvgIpc) is 3.65. The number of pyridine rings is 1. The van der Waals surface area contributed by atoms with Gasteiger partial charge in [0.2, 0.25) is 0 Å². The number of aryl methyl sites for hydroxylation is 1. The third kappa shape index (κ3) is 5.50. The zero-order valence-electron chi connectivity index (χ0n) is 26.2. The van der Waals surface area contributed by atoms with Gasteiger partial charge in [-0.25, -0.2) is 14.1 Å². The molecule has 9 nitrogen and oxygen atoms in total. The lowest BCUT2D eigenvalue weighted by Gasteiger charge is -2.42. The first-order valence-corrected chi connectivity index (χ1v) is 15.9. The Morgan fingerprint density at radius 3 is 2.36 bits per heavy atom. The molecule has 0 bridgehead atoms. The number of rotatable bonds is 8. The Labute approximate surface area is 263 Å². The number of piperidine rings is 1. The molecule has 4 heterocycles. The first-order chi connectivity index (χ1) is 21.8. The van der Waals surface area contributed by atoms with Gasteiger partial charge >= 0.3 is 6.03 Å². The Morgan fingerprint density at radius 1 is 1.02 bits per heavy atom. The van der Waals surface area contributed by atoms with Crippen molar-refractivity contribution in [1.82, 2.24) is 14.8 Å². The van der Waals surface area contributed by atoms with E-state index < -0.39 is 11.4 Å². The van der Waals surface area contributed by atoms with Gasteiger partial charge in [-0.1, -0.05) is 12.1 Å². The highest BCUT2D eigenvalue weighted by Gasteiger charge is 2.58. The second kappa shape index (κ2) is 12.5. The van der Waals surface area contributed by atoms with E-state index in [9.17, 15) is 19.2 Å². The number of anilines is 2. The van der Waals surface area contributed by atoms with E-state index in [2.05, 4.69) is 39.0 Å². The normalized spacial score (nSPS) is 18.2. The van der Waals surface area contributed by atoms with Gasteiger partial charge in [0, 0.05) is 56.6 Å². The molecule has 0 N–H and O–H groups in total. The maximum atomic E-state index is 14.3. The van der Waals surface area contributed by atoms with Crippen molar-refractivity contribution in [2.45, 2.75) is 58.5 Å². The number of aromatic nitrogens is 1. The van der Waals surface area contributed by atoms with Gasteiger partial charge in [0.25, 0.3) is 5.91 Å². The molecule has 0 atom stereocenters. The Hall–Kier alpha value is -4.49. The predicted octanol–water partition coefficient (Wildman–Crippen LogP) is 5.89. The number of likely N-dealkylation sites (tertiary alicyclic amines) is 1. The molecule has 45 heavy (non-hydrogen) atoms. The van der Waals surface area contributed by atoms with Crippen LogP contribution in [0.15, 0.2) is 48.7 Å². The number of ether oxygens (including phenoxy) is 1. The summed E-state index contributed by atoms with van der Waals surface area (Å²) in [6.45, 7) is 10.7. The summed E-state index contributed by atoms with van der Waals surface area (Å²) in [5.41, 5.74) is 3.52. The zero-order valence-corrected chi connectivity index (χ0v) is 26.2. The van der Waals surface area contributed by atoms with E-state index in [1.54, 1.807) is 17.9 Å². The molecule has 2 aromatic carbocycles. The molecule has 0 unspecified atom stereocenters. The van der Waals surface area contributed by atoms with Crippen LogP contribution in [-0.4, -0.2) is 71.6 Å². The number of carbonyl (C=O) groups is 2. The van der Waals surface area contributed by atoms with E-state index in [-0.39, 0.29) is 23.3 Å². The van der Waals surface area contributed by atoms with Crippen LogP contribution in [0.5, 0.6) is 5.75 Å². The van der Waals surface area contributed by atoms with E-state index in [4.69, 9.17) is 4.74 Å².